The van der Waals surface area contributed by atoms with Crippen LogP contribution >= 0.6 is 23.2 Å². The first kappa shape index (κ1) is 20.9. The maximum absolute atomic E-state index is 12.4. The molecule has 0 saturated heterocycles. The molecule has 0 amide bonds. The van der Waals surface area contributed by atoms with Crippen LogP contribution in [0.2, 0.25) is 0 Å². The number of rotatable bonds is 8. The fourth-order valence-electron chi connectivity index (χ4n) is 2.83. The van der Waals surface area contributed by atoms with Crippen molar-refractivity contribution >= 4 is 46.6 Å². The number of nitrogens with one attached hydrogen (secondary N) is 1. The van der Waals surface area contributed by atoms with Crippen LogP contribution in [0.4, 0.5) is 17.2 Å². The van der Waals surface area contributed by atoms with Gasteiger partial charge in [-0.3, -0.25) is 4.79 Å². The zero-order valence-electron chi connectivity index (χ0n) is 15.7. The molecule has 0 atom stereocenters. The fourth-order valence-corrected chi connectivity index (χ4v) is 3.23. The van der Waals surface area contributed by atoms with Crippen LogP contribution in [0.5, 0.6) is 0 Å². The largest absolute Gasteiger partial charge is 0.382 e. The average molecular weight is 430 g/mol. The van der Waals surface area contributed by atoms with Gasteiger partial charge in [0.05, 0.1) is 0 Å². The van der Waals surface area contributed by atoms with Crippen LogP contribution in [0.1, 0.15) is 5.56 Å². The molecule has 1 aromatic heterocycles. The van der Waals surface area contributed by atoms with E-state index in [2.05, 4.69) is 19.9 Å². The van der Waals surface area contributed by atoms with Gasteiger partial charge >= 0.3 is 0 Å². The van der Waals surface area contributed by atoms with Crippen molar-refractivity contribution in [1.29, 1.82) is 0 Å². The van der Waals surface area contributed by atoms with Crippen LogP contribution in [0.3, 0.4) is 0 Å². The van der Waals surface area contributed by atoms with Crippen molar-refractivity contribution in [2.24, 2.45) is 4.99 Å². The summed E-state index contributed by atoms with van der Waals surface area (Å²) in [7, 11) is 0. The van der Waals surface area contributed by atoms with Crippen molar-refractivity contribution < 1.29 is 0 Å². The quantitative estimate of drug-likeness (QED) is 0.417. The summed E-state index contributed by atoms with van der Waals surface area (Å²) in [5, 5.41) is 0. The number of H-pyrrole nitrogens is 1. The lowest BCUT2D eigenvalue weighted by Gasteiger charge is -2.22. The van der Waals surface area contributed by atoms with Crippen molar-refractivity contribution in [3.8, 4) is 11.4 Å². The van der Waals surface area contributed by atoms with E-state index in [4.69, 9.17) is 28.9 Å². The number of halogens is 2. The average Bonchev–Trinajstić information content (AvgIpc) is 2.74. The third-order valence-corrected chi connectivity index (χ3v) is 4.62. The summed E-state index contributed by atoms with van der Waals surface area (Å²) in [5.74, 6) is 1.54. The lowest BCUT2D eigenvalue weighted by molar-refractivity contribution is 0.874. The molecule has 3 rings (SSSR count). The summed E-state index contributed by atoms with van der Waals surface area (Å²) < 4.78 is 0. The molecule has 6 nitrogen and oxygen atoms in total. The Morgan fingerprint density at radius 3 is 2.28 bits per heavy atom. The second-order valence-corrected chi connectivity index (χ2v) is 6.99. The van der Waals surface area contributed by atoms with E-state index < -0.39 is 0 Å². The summed E-state index contributed by atoms with van der Waals surface area (Å²) in [5.41, 5.74) is 8.30. The lowest BCUT2D eigenvalue weighted by atomic mass is 10.2. The topological polar surface area (TPSA) is 87.4 Å². The van der Waals surface area contributed by atoms with E-state index in [1.165, 1.54) is 0 Å². The Morgan fingerprint density at radius 2 is 1.69 bits per heavy atom. The Hall–Kier alpha value is -2.83. The van der Waals surface area contributed by atoms with Gasteiger partial charge in [-0.25, -0.2) is 9.98 Å². The van der Waals surface area contributed by atoms with Crippen molar-refractivity contribution in [2.45, 2.75) is 0 Å². The van der Waals surface area contributed by atoms with Gasteiger partial charge in [0.1, 0.15) is 5.82 Å². The molecular formula is C21H21Cl2N5O. The number of hydrogen-bond donors (Lipinski definition) is 2. The van der Waals surface area contributed by atoms with Crippen LogP contribution in [0.25, 0.3) is 11.4 Å². The number of benzene rings is 2. The third kappa shape index (κ3) is 5.37. The van der Waals surface area contributed by atoms with Gasteiger partial charge < -0.3 is 15.6 Å². The zero-order valence-corrected chi connectivity index (χ0v) is 17.2. The Labute approximate surface area is 179 Å². The highest BCUT2D eigenvalue weighted by molar-refractivity contribution is 6.18. The number of alkyl halides is 2. The van der Waals surface area contributed by atoms with E-state index >= 15 is 0 Å². The van der Waals surface area contributed by atoms with E-state index in [9.17, 15) is 4.79 Å². The van der Waals surface area contributed by atoms with Crippen molar-refractivity contribution in [3.63, 3.8) is 0 Å². The number of anilines is 2. The summed E-state index contributed by atoms with van der Waals surface area (Å²) in [4.78, 5) is 25.8. The molecule has 0 unspecified atom stereocenters. The molecule has 0 aliphatic heterocycles. The number of aromatic nitrogens is 2. The summed E-state index contributed by atoms with van der Waals surface area (Å²) in [6.45, 7) is 1.43. The molecular weight excluding hydrogens is 409 g/mol. The highest BCUT2D eigenvalue weighted by Crippen LogP contribution is 2.20. The first-order chi connectivity index (χ1) is 14.1. The Bertz CT molecular complexity index is 1010. The van der Waals surface area contributed by atoms with Gasteiger partial charge in [0.25, 0.3) is 5.56 Å². The second-order valence-electron chi connectivity index (χ2n) is 6.23. The maximum atomic E-state index is 12.4. The second kappa shape index (κ2) is 10.1. The van der Waals surface area contributed by atoms with Gasteiger partial charge in [0.15, 0.2) is 11.5 Å². The minimum atomic E-state index is -0.389. The minimum Gasteiger partial charge on any atom is -0.382 e. The molecule has 0 aliphatic rings. The number of aliphatic imine (C=N–C) groups is 1. The first-order valence-corrected chi connectivity index (χ1v) is 10.2. The molecule has 3 N–H and O–H groups in total. The SMILES string of the molecule is Nc1nc(-c2ccccc2)[nH]c(=O)c1N=Cc1ccc(N(CCCl)CCCl)cc1. The van der Waals surface area contributed by atoms with Crippen LogP contribution in [0, 0.1) is 0 Å². The Morgan fingerprint density at radius 1 is 1.03 bits per heavy atom. The Kier molecular flexibility index (Phi) is 7.27. The van der Waals surface area contributed by atoms with Gasteiger partial charge in [-0.05, 0) is 17.7 Å². The first-order valence-electron chi connectivity index (χ1n) is 9.08. The predicted molar refractivity (Wildman–Crippen MR) is 122 cm³/mol. The molecule has 8 heteroatoms. The van der Waals surface area contributed by atoms with Gasteiger partial charge in [0, 0.05) is 42.3 Å². The van der Waals surface area contributed by atoms with Crippen LogP contribution in [-0.4, -0.2) is 41.0 Å². The van der Waals surface area contributed by atoms with Crippen molar-refractivity contribution in [3.05, 3.63) is 70.5 Å². The molecule has 0 fully saturated rings. The number of nitrogens with two attached hydrogens (primary N) is 1. The monoisotopic (exact) mass is 429 g/mol. The van der Waals surface area contributed by atoms with Crippen LogP contribution < -0.4 is 16.2 Å². The number of nitrogen functional groups attached to an aromatic ring is 1. The maximum Gasteiger partial charge on any atom is 0.279 e. The van der Waals surface area contributed by atoms with Gasteiger partial charge in [-0.2, -0.15) is 0 Å². The van der Waals surface area contributed by atoms with E-state index in [1.807, 2.05) is 54.6 Å². The standard InChI is InChI=1S/C21H21Cl2N5O/c22-10-12-28(13-11-23)17-8-6-15(7-9-17)14-25-18-19(24)26-20(27-21(18)29)16-4-2-1-3-5-16/h1-9,14H,10-13H2,(H3,24,26,27,29). The van der Waals surface area contributed by atoms with E-state index in [1.54, 1.807) is 6.21 Å². The highest BCUT2D eigenvalue weighted by atomic mass is 35.5. The minimum absolute atomic E-state index is 0.0795. The molecule has 150 valence electrons. The number of aromatic amines is 1. The molecule has 3 aromatic rings. The van der Waals surface area contributed by atoms with Crippen molar-refractivity contribution in [1.82, 2.24) is 9.97 Å². The number of nitrogens with zero attached hydrogens (tertiary/aromatic N) is 3. The van der Waals surface area contributed by atoms with Crippen LogP contribution in [-0.2, 0) is 0 Å². The molecule has 0 saturated carbocycles. The Balaban J connectivity index is 1.80. The molecule has 0 spiro atoms. The normalized spacial score (nSPS) is 11.1. The highest BCUT2D eigenvalue weighted by Gasteiger charge is 2.09. The van der Waals surface area contributed by atoms with E-state index in [-0.39, 0.29) is 17.1 Å². The van der Waals surface area contributed by atoms with Gasteiger partial charge in [-0.15, -0.1) is 23.2 Å². The van der Waals surface area contributed by atoms with Crippen molar-refractivity contribution in [2.75, 3.05) is 35.5 Å². The third-order valence-electron chi connectivity index (χ3n) is 4.28. The molecule has 0 bridgehead atoms. The molecule has 2 aromatic carbocycles. The molecule has 0 aliphatic carbocycles. The number of hydrogen-bond acceptors (Lipinski definition) is 5. The smallest absolute Gasteiger partial charge is 0.279 e. The molecule has 29 heavy (non-hydrogen) atoms. The van der Waals surface area contributed by atoms with Crippen LogP contribution in [0.15, 0.2) is 64.4 Å². The molecule has 1 heterocycles. The summed E-state index contributed by atoms with van der Waals surface area (Å²) >= 11 is 11.7. The zero-order chi connectivity index (χ0) is 20.6. The summed E-state index contributed by atoms with van der Waals surface area (Å²) in [6.07, 6.45) is 1.59. The van der Waals surface area contributed by atoms with E-state index in [0.717, 1.165) is 16.8 Å². The van der Waals surface area contributed by atoms with E-state index in [0.29, 0.717) is 30.7 Å². The van der Waals surface area contributed by atoms with Gasteiger partial charge in [0.2, 0.25) is 0 Å². The van der Waals surface area contributed by atoms with Gasteiger partial charge in [-0.1, -0.05) is 42.5 Å². The lowest BCUT2D eigenvalue weighted by Crippen LogP contribution is -2.27. The fraction of sp³-hybridized carbons (Fsp3) is 0.190. The molecule has 0 radical (unpaired) electrons. The summed E-state index contributed by atoms with van der Waals surface area (Å²) in [6, 6.07) is 17.1. The predicted octanol–water partition coefficient (Wildman–Crippen LogP) is 4.05.